The van der Waals surface area contributed by atoms with Crippen molar-refractivity contribution >= 4 is 28.6 Å². The molecule has 0 atom stereocenters. The van der Waals surface area contributed by atoms with Gasteiger partial charge in [-0.1, -0.05) is 13.8 Å². The van der Waals surface area contributed by atoms with Crippen molar-refractivity contribution < 1.29 is 42.4 Å². The van der Waals surface area contributed by atoms with Gasteiger partial charge >= 0.3 is 0 Å². The molecule has 1 aromatic carbocycles. The van der Waals surface area contributed by atoms with Crippen LogP contribution in [0.15, 0.2) is 57.9 Å². The van der Waals surface area contributed by atoms with E-state index in [2.05, 4.69) is 39.5 Å². The van der Waals surface area contributed by atoms with E-state index in [1.54, 1.807) is 43.4 Å². The zero-order valence-electron chi connectivity index (χ0n) is 30.0. The third-order valence-electron chi connectivity index (χ3n) is 7.30. The number of carbonyl (C=O) groups excluding carboxylic acids is 2. The lowest BCUT2D eigenvalue weighted by atomic mass is 10.1. The normalized spacial score (nSPS) is 11.3. The van der Waals surface area contributed by atoms with E-state index in [0.717, 1.165) is 6.42 Å². The number of oxazole rings is 1. The summed E-state index contributed by atoms with van der Waals surface area (Å²) in [6.07, 6.45) is 2.91. The molecule has 0 fully saturated rings. The van der Waals surface area contributed by atoms with E-state index < -0.39 is 5.91 Å². The second-order valence-corrected chi connectivity index (χ2v) is 11.9. The minimum absolute atomic E-state index is 0.0624. The summed E-state index contributed by atoms with van der Waals surface area (Å²) in [5.74, 6) is 0.951. The van der Waals surface area contributed by atoms with Gasteiger partial charge in [0.2, 0.25) is 11.8 Å². The van der Waals surface area contributed by atoms with Gasteiger partial charge in [0.1, 0.15) is 29.3 Å². The molecular formula is C36H48N6O10. The molecule has 52 heavy (non-hydrogen) atoms. The highest BCUT2D eigenvalue weighted by atomic mass is 16.6. The molecule has 282 valence electrons. The molecule has 16 nitrogen and oxygen atoms in total. The number of nitrogens with zero attached hydrogens (tertiary/aromatic N) is 4. The minimum atomic E-state index is -0.398. The first-order valence-electron chi connectivity index (χ1n) is 17.3. The van der Waals surface area contributed by atoms with Crippen LogP contribution < -0.4 is 20.9 Å². The largest absolute Gasteiger partial charge is 0.490 e. The van der Waals surface area contributed by atoms with Gasteiger partial charge in [0, 0.05) is 31.8 Å². The third kappa shape index (κ3) is 14.5. The number of hydrogen-bond donors (Lipinski definition) is 2. The Morgan fingerprint density at radius 3 is 2.10 bits per heavy atom. The fraction of sp³-hybridized carbons (Fsp3) is 0.500. The Morgan fingerprint density at radius 2 is 1.48 bits per heavy atom. The average molecular weight is 725 g/mol. The predicted octanol–water partition coefficient (Wildman–Crippen LogP) is 3.25. The zero-order chi connectivity index (χ0) is 37.0. The van der Waals surface area contributed by atoms with Crippen molar-refractivity contribution in [1.29, 1.82) is 0 Å². The van der Waals surface area contributed by atoms with E-state index in [4.69, 9.17) is 32.8 Å². The summed E-state index contributed by atoms with van der Waals surface area (Å²) in [7, 11) is 1.55. The number of amides is 2. The molecule has 0 saturated carbocycles. The lowest BCUT2D eigenvalue weighted by Gasteiger charge is -2.09. The Kier molecular flexibility index (Phi) is 17.1. The molecule has 0 aliphatic heterocycles. The van der Waals surface area contributed by atoms with Crippen LogP contribution in [0.25, 0.3) is 22.7 Å². The lowest BCUT2D eigenvalue weighted by molar-refractivity contribution is -0.121. The Hall–Kier alpha value is -4.74. The molecule has 0 saturated heterocycles. The molecular weight excluding hydrogens is 676 g/mol. The number of hydrogen-bond acceptors (Lipinski definition) is 13. The summed E-state index contributed by atoms with van der Waals surface area (Å²) in [6.45, 7) is 9.44. The maximum Gasteiger partial charge on any atom is 0.274 e. The predicted molar refractivity (Wildman–Crippen MR) is 191 cm³/mol. The summed E-state index contributed by atoms with van der Waals surface area (Å²) in [4.78, 5) is 44.7. The molecule has 0 unspecified atom stereocenters. The molecule has 2 N–H and O–H groups in total. The van der Waals surface area contributed by atoms with Crippen molar-refractivity contribution in [3.63, 3.8) is 0 Å². The molecule has 0 bridgehead atoms. The summed E-state index contributed by atoms with van der Waals surface area (Å²) < 4.78 is 40.0. The summed E-state index contributed by atoms with van der Waals surface area (Å²) >= 11 is 0. The van der Waals surface area contributed by atoms with Gasteiger partial charge in [-0.3, -0.25) is 14.4 Å². The van der Waals surface area contributed by atoms with Gasteiger partial charge in [-0.25, -0.2) is 14.6 Å². The van der Waals surface area contributed by atoms with E-state index in [-0.39, 0.29) is 23.1 Å². The summed E-state index contributed by atoms with van der Waals surface area (Å²) in [6, 6.07) is 11.2. The molecule has 4 aromatic rings. The van der Waals surface area contributed by atoms with E-state index in [9.17, 15) is 14.4 Å². The number of anilines is 1. The van der Waals surface area contributed by atoms with E-state index in [1.165, 1.54) is 16.9 Å². The SMILES string of the molecule is CC(C)CCC(=O)NCCOCCOCCOCCOCCOCCOc1ccc(C(=O)Nc2ccc3oc(-c4ccc(=O)n(C)n4)nc3c2)nc1. The van der Waals surface area contributed by atoms with Crippen LogP contribution in [0, 0.1) is 5.92 Å². The number of nitrogens with one attached hydrogen (secondary N) is 2. The van der Waals surface area contributed by atoms with Crippen molar-refractivity contribution in [2.75, 3.05) is 84.5 Å². The fourth-order valence-electron chi connectivity index (χ4n) is 4.50. The van der Waals surface area contributed by atoms with Crippen molar-refractivity contribution in [3.05, 3.63) is 64.7 Å². The molecule has 0 spiro atoms. The van der Waals surface area contributed by atoms with Gasteiger partial charge in [0.15, 0.2) is 5.58 Å². The molecule has 3 heterocycles. The topological polar surface area (TPSA) is 187 Å². The first-order chi connectivity index (χ1) is 25.3. The monoisotopic (exact) mass is 724 g/mol. The average Bonchev–Trinajstić information content (AvgIpc) is 3.56. The molecule has 0 aliphatic rings. The number of aromatic nitrogens is 4. The third-order valence-corrected chi connectivity index (χ3v) is 7.30. The lowest BCUT2D eigenvalue weighted by Crippen LogP contribution is -2.27. The number of benzene rings is 1. The van der Waals surface area contributed by atoms with Gasteiger partial charge in [0.25, 0.3) is 11.5 Å². The van der Waals surface area contributed by atoms with Crippen LogP contribution in [-0.4, -0.2) is 111 Å². The van der Waals surface area contributed by atoms with E-state index in [1.807, 2.05) is 0 Å². The fourth-order valence-corrected chi connectivity index (χ4v) is 4.50. The highest BCUT2D eigenvalue weighted by Gasteiger charge is 2.13. The maximum atomic E-state index is 12.8. The molecule has 0 aliphatic carbocycles. The van der Waals surface area contributed by atoms with E-state index in [0.29, 0.717) is 120 Å². The second-order valence-electron chi connectivity index (χ2n) is 11.9. The standard InChI is InChI=1S/C36H48N6O10/c1-26(2)4-10-33(43)37-12-13-46-14-15-47-16-17-48-18-19-49-20-21-50-22-23-51-28-6-7-29(38-25-28)35(45)39-27-5-9-32-31(24-27)40-36(52-32)30-8-11-34(44)42(3)41-30/h5-9,11,24-26H,4,10,12-23H2,1-3H3,(H,37,43)(H,39,45). The Labute approximate surface area is 302 Å². The van der Waals surface area contributed by atoms with Crippen molar-refractivity contribution in [3.8, 4) is 17.3 Å². The van der Waals surface area contributed by atoms with Crippen molar-refractivity contribution in [2.24, 2.45) is 13.0 Å². The number of rotatable bonds is 25. The van der Waals surface area contributed by atoms with Gasteiger partial charge in [0.05, 0.1) is 72.3 Å². The van der Waals surface area contributed by atoms with Gasteiger partial charge < -0.3 is 43.5 Å². The van der Waals surface area contributed by atoms with Crippen LogP contribution >= 0.6 is 0 Å². The first-order valence-corrected chi connectivity index (χ1v) is 17.3. The minimum Gasteiger partial charge on any atom is -0.490 e. The molecule has 4 rings (SSSR count). The molecule has 16 heteroatoms. The second kappa shape index (κ2) is 22.3. The number of aryl methyl sites for hydroxylation is 1. The molecule has 3 aromatic heterocycles. The molecule has 0 radical (unpaired) electrons. The number of pyridine rings is 1. The Balaban J connectivity index is 0.969. The number of carbonyl (C=O) groups is 2. The van der Waals surface area contributed by atoms with Gasteiger partial charge in [-0.15, -0.1) is 0 Å². The van der Waals surface area contributed by atoms with E-state index >= 15 is 0 Å². The van der Waals surface area contributed by atoms with Crippen LogP contribution in [0.5, 0.6) is 5.75 Å². The van der Waals surface area contributed by atoms with Gasteiger partial charge in [-0.05, 0) is 48.7 Å². The summed E-state index contributed by atoms with van der Waals surface area (Å²) in [5.41, 5.74) is 1.93. The van der Waals surface area contributed by atoms with Crippen LogP contribution in [-0.2, 0) is 35.5 Å². The Morgan fingerprint density at radius 1 is 0.827 bits per heavy atom. The quantitative estimate of drug-likeness (QED) is 0.0950. The highest BCUT2D eigenvalue weighted by molar-refractivity contribution is 6.03. The van der Waals surface area contributed by atoms with Crippen LogP contribution in [0.2, 0.25) is 0 Å². The Bertz CT molecular complexity index is 1730. The highest BCUT2D eigenvalue weighted by Crippen LogP contribution is 2.25. The van der Waals surface area contributed by atoms with Crippen LogP contribution in [0.1, 0.15) is 37.2 Å². The number of ether oxygens (including phenoxy) is 6. The number of fused-ring (bicyclic) bond motifs is 1. The maximum absolute atomic E-state index is 12.8. The zero-order valence-corrected chi connectivity index (χ0v) is 30.0. The summed E-state index contributed by atoms with van der Waals surface area (Å²) in [5, 5.41) is 9.80. The first kappa shape index (κ1) is 40.0. The van der Waals surface area contributed by atoms with Crippen LogP contribution in [0.4, 0.5) is 5.69 Å². The van der Waals surface area contributed by atoms with Gasteiger partial charge in [-0.2, -0.15) is 5.10 Å². The van der Waals surface area contributed by atoms with Crippen molar-refractivity contribution in [1.82, 2.24) is 25.1 Å². The smallest absolute Gasteiger partial charge is 0.274 e. The van der Waals surface area contributed by atoms with Crippen molar-refractivity contribution in [2.45, 2.75) is 26.7 Å². The molecule has 2 amide bonds. The van der Waals surface area contributed by atoms with Crippen LogP contribution in [0.3, 0.4) is 0 Å².